The second-order valence-electron chi connectivity index (χ2n) is 16.0. The average molecular weight is 859 g/mol. The van der Waals surface area contributed by atoms with Gasteiger partial charge in [-0.25, -0.2) is 4.79 Å². The third-order valence-corrected chi connectivity index (χ3v) is 9.39. The summed E-state index contributed by atoms with van der Waals surface area (Å²) in [5.74, 6) is -1.60. The normalized spacial score (nSPS) is 14.1. The molecule has 0 fully saturated rings. The Morgan fingerprint density at radius 2 is 0.952 bits per heavy atom. The zero-order valence-corrected chi connectivity index (χ0v) is 39.3. The molecular formula is C54H84NO7+. The van der Waals surface area contributed by atoms with Crippen molar-refractivity contribution >= 4 is 17.9 Å². The van der Waals surface area contributed by atoms with Crippen molar-refractivity contribution in [3.8, 4) is 0 Å². The molecule has 0 saturated heterocycles. The first-order valence-corrected chi connectivity index (χ1v) is 23.3. The molecule has 0 rings (SSSR count). The molecule has 0 heterocycles. The largest absolute Gasteiger partial charge is 0.477 e. The van der Waals surface area contributed by atoms with E-state index < -0.39 is 18.1 Å². The highest BCUT2D eigenvalue weighted by Gasteiger charge is 2.31. The van der Waals surface area contributed by atoms with E-state index in [1.54, 1.807) is 0 Å². The minimum Gasteiger partial charge on any atom is -0.477 e. The van der Waals surface area contributed by atoms with E-state index in [4.69, 9.17) is 14.2 Å². The molecule has 0 aliphatic heterocycles. The molecule has 0 aliphatic carbocycles. The van der Waals surface area contributed by atoms with Crippen molar-refractivity contribution in [2.24, 2.45) is 0 Å². The van der Waals surface area contributed by atoms with E-state index >= 15 is 0 Å². The van der Waals surface area contributed by atoms with Crippen molar-refractivity contribution in [1.29, 1.82) is 0 Å². The molecule has 0 saturated carbocycles. The van der Waals surface area contributed by atoms with Crippen molar-refractivity contribution in [2.45, 2.75) is 148 Å². The Balaban J connectivity index is 4.49. The number of carboxylic acid groups (broad SMARTS) is 1. The zero-order valence-electron chi connectivity index (χ0n) is 39.3. The second-order valence-corrected chi connectivity index (χ2v) is 16.0. The molecule has 8 nitrogen and oxygen atoms in total. The lowest BCUT2D eigenvalue weighted by atomic mass is 10.1. The predicted octanol–water partition coefficient (Wildman–Crippen LogP) is 13.2. The highest BCUT2D eigenvalue weighted by Crippen LogP contribution is 2.12. The van der Waals surface area contributed by atoms with Gasteiger partial charge in [-0.2, -0.15) is 0 Å². The van der Waals surface area contributed by atoms with Crippen molar-refractivity contribution in [3.63, 3.8) is 0 Å². The van der Waals surface area contributed by atoms with Crippen LogP contribution in [0.15, 0.2) is 134 Å². The molecule has 2 unspecified atom stereocenters. The lowest BCUT2D eigenvalue weighted by Crippen LogP contribution is -2.50. The number of hydrogen-bond donors (Lipinski definition) is 1. The van der Waals surface area contributed by atoms with Crippen LogP contribution in [0.4, 0.5) is 0 Å². The maximum Gasteiger partial charge on any atom is 0.362 e. The van der Waals surface area contributed by atoms with Gasteiger partial charge < -0.3 is 23.8 Å². The first kappa shape index (κ1) is 57.5. The van der Waals surface area contributed by atoms with Crippen LogP contribution in [0.25, 0.3) is 0 Å². The number of nitrogens with zero attached hydrogens (tertiary/aromatic N) is 1. The summed E-state index contributed by atoms with van der Waals surface area (Å²) in [6.45, 7) is 4.36. The van der Waals surface area contributed by atoms with Crippen molar-refractivity contribution in [3.05, 3.63) is 134 Å². The molecule has 0 bridgehead atoms. The predicted molar refractivity (Wildman–Crippen MR) is 261 cm³/mol. The van der Waals surface area contributed by atoms with E-state index in [0.717, 1.165) is 96.3 Å². The number of unbranched alkanes of at least 4 members (excludes halogenated alkanes) is 6. The number of quaternary nitrogens is 1. The molecule has 8 heteroatoms. The number of carbonyl (C=O) groups excluding carboxylic acids is 2. The Morgan fingerprint density at radius 1 is 0.500 bits per heavy atom. The summed E-state index contributed by atoms with van der Waals surface area (Å²) in [5, 5.41) is 9.63. The van der Waals surface area contributed by atoms with Gasteiger partial charge in [-0.3, -0.25) is 9.59 Å². The van der Waals surface area contributed by atoms with Crippen molar-refractivity contribution in [1.82, 2.24) is 0 Å². The van der Waals surface area contributed by atoms with Crippen molar-refractivity contribution in [2.75, 3.05) is 41.0 Å². The Hall–Kier alpha value is -4.53. The van der Waals surface area contributed by atoms with Crippen LogP contribution in [-0.2, 0) is 28.6 Å². The van der Waals surface area contributed by atoms with Gasteiger partial charge in [-0.1, -0.05) is 167 Å². The average Bonchev–Trinajstić information content (AvgIpc) is 3.23. The van der Waals surface area contributed by atoms with Gasteiger partial charge in [-0.05, 0) is 83.5 Å². The van der Waals surface area contributed by atoms with Gasteiger partial charge in [-0.15, -0.1) is 0 Å². The molecule has 62 heavy (non-hydrogen) atoms. The molecule has 0 aliphatic rings. The number of allylic oxidation sites excluding steroid dienone is 22. The summed E-state index contributed by atoms with van der Waals surface area (Å²) in [6, 6.07) is -0.638. The molecule has 0 aromatic rings. The minimum atomic E-state index is -0.895. The summed E-state index contributed by atoms with van der Waals surface area (Å²) in [7, 11) is 5.48. The van der Waals surface area contributed by atoms with Crippen LogP contribution in [0.1, 0.15) is 136 Å². The monoisotopic (exact) mass is 859 g/mol. The van der Waals surface area contributed by atoms with Crippen LogP contribution in [-0.4, -0.2) is 80.6 Å². The fourth-order valence-corrected chi connectivity index (χ4v) is 5.85. The summed E-state index contributed by atoms with van der Waals surface area (Å²) < 4.78 is 17.2. The van der Waals surface area contributed by atoms with E-state index in [-0.39, 0.29) is 42.7 Å². The Morgan fingerprint density at radius 3 is 1.48 bits per heavy atom. The van der Waals surface area contributed by atoms with E-state index in [2.05, 4.69) is 117 Å². The second kappa shape index (κ2) is 43.1. The highest BCUT2D eigenvalue weighted by atomic mass is 16.6. The molecule has 1 N–H and O–H groups in total. The van der Waals surface area contributed by atoms with Gasteiger partial charge in [0, 0.05) is 19.3 Å². The van der Waals surface area contributed by atoms with Crippen LogP contribution in [0.3, 0.4) is 0 Å². The maximum absolute atomic E-state index is 12.7. The molecule has 0 amide bonds. The molecule has 0 aromatic heterocycles. The first-order chi connectivity index (χ1) is 30.1. The molecule has 2 atom stereocenters. The summed E-state index contributed by atoms with van der Waals surface area (Å²) >= 11 is 0. The van der Waals surface area contributed by atoms with Crippen LogP contribution in [0, 0.1) is 0 Å². The Kier molecular flexibility index (Phi) is 40.0. The lowest BCUT2D eigenvalue weighted by Gasteiger charge is -2.31. The van der Waals surface area contributed by atoms with Gasteiger partial charge >= 0.3 is 17.9 Å². The number of rotatable bonds is 39. The van der Waals surface area contributed by atoms with Gasteiger partial charge in [0.05, 0.1) is 34.4 Å². The molecular weight excluding hydrogens is 775 g/mol. The van der Waals surface area contributed by atoms with Gasteiger partial charge in [0.2, 0.25) is 0 Å². The van der Waals surface area contributed by atoms with Gasteiger partial charge in [0.1, 0.15) is 6.61 Å². The molecule has 0 radical (unpaired) electrons. The molecule has 346 valence electrons. The number of carbonyl (C=O) groups is 3. The number of ether oxygens (including phenoxy) is 3. The van der Waals surface area contributed by atoms with Gasteiger partial charge in [0.25, 0.3) is 0 Å². The zero-order chi connectivity index (χ0) is 45.6. The third kappa shape index (κ3) is 40.9. The quantitative estimate of drug-likeness (QED) is 0.0216. The third-order valence-electron chi connectivity index (χ3n) is 9.39. The summed E-state index contributed by atoms with van der Waals surface area (Å²) in [6.07, 6.45) is 62.2. The van der Waals surface area contributed by atoms with E-state index in [1.165, 1.54) is 0 Å². The Labute approximate surface area is 377 Å². The Bertz CT molecular complexity index is 1470. The SMILES string of the molecule is CC/C=C/C=C/C=C/C=C/CCCCCCCC(=O)OCC(COCCC(C(=O)O)[N+](C)(C)C)OC(=O)CCC/C=C/C/C=C/C/C=C/C/C=C/C/C=C/C/C=C/C/C=C/CC. The number of hydrogen-bond acceptors (Lipinski definition) is 6. The minimum absolute atomic E-state index is 0.0194. The number of carboxylic acids is 1. The first-order valence-electron chi connectivity index (χ1n) is 23.3. The van der Waals surface area contributed by atoms with Crippen LogP contribution < -0.4 is 0 Å². The number of esters is 2. The van der Waals surface area contributed by atoms with Crippen LogP contribution in [0.2, 0.25) is 0 Å². The summed E-state index contributed by atoms with van der Waals surface area (Å²) in [4.78, 5) is 37.0. The lowest BCUT2D eigenvalue weighted by molar-refractivity contribution is -0.887. The molecule has 0 spiro atoms. The smallest absolute Gasteiger partial charge is 0.362 e. The van der Waals surface area contributed by atoms with E-state index in [0.29, 0.717) is 19.3 Å². The van der Waals surface area contributed by atoms with Crippen molar-refractivity contribution < 1.29 is 38.2 Å². The summed E-state index contributed by atoms with van der Waals surface area (Å²) in [5.41, 5.74) is 0. The number of aliphatic carboxylic acids is 1. The highest BCUT2D eigenvalue weighted by molar-refractivity contribution is 5.72. The topological polar surface area (TPSA) is 99.1 Å². The van der Waals surface area contributed by atoms with Crippen LogP contribution >= 0.6 is 0 Å². The van der Waals surface area contributed by atoms with E-state index in [1.807, 2.05) is 51.5 Å². The fraction of sp³-hybridized carbons (Fsp3) is 0.537. The molecule has 0 aromatic carbocycles. The van der Waals surface area contributed by atoms with E-state index in [9.17, 15) is 19.5 Å². The fourth-order valence-electron chi connectivity index (χ4n) is 5.85. The standard InChI is InChI=1S/C54H83NO7/c1-6-8-10-12-14-16-18-20-22-23-24-25-26-27-28-29-31-33-35-37-39-41-43-45-53(57)62-50(48-60-47-46-51(54(58)59)55(3,4)5)49-61-52(56)44-42-40-38-36-34-32-30-21-19-17-15-13-11-9-7-2/h8-11,13-17,19-22,24-25,27-28,30-31,33,37,39,50-51H,6-7,12,18,23,26,29,32,34-36,38,40-49H2,1-5H3/p+1/b10-8+,11-9+,15-13+,16-14+,19-17+,22-20+,25-24+,28-27+,30-21+,33-31+,39-37+. The van der Waals surface area contributed by atoms with Crippen LogP contribution in [0.5, 0.6) is 0 Å². The van der Waals surface area contributed by atoms with Gasteiger partial charge in [0.15, 0.2) is 12.1 Å². The number of likely N-dealkylation sites (N-methyl/N-ethyl adjacent to an activating group) is 1. The maximum atomic E-state index is 12.7.